The molecule has 3 rings (SSSR count). The highest BCUT2D eigenvalue weighted by molar-refractivity contribution is 7.10. The summed E-state index contributed by atoms with van der Waals surface area (Å²) in [5.74, 6) is -1.24. The number of hydrogen-bond donors (Lipinski definition) is 2. The second kappa shape index (κ2) is 9.62. The number of hydrogen-bond acceptors (Lipinski definition) is 3. The Kier molecular flexibility index (Phi) is 7.07. The molecule has 2 amide bonds. The van der Waals surface area contributed by atoms with Crippen LogP contribution in [0.25, 0.3) is 6.08 Å². The number of alkyl halides is 3. The average molecular weight is 473 g/mol. The molecule has 1 heterocycles. The maximum absolute atomic E-state index is 13.0. The number of anilines is 1. The number of amides is 2. The predicted octanol–water partition coefficient (Wildman–Crippen LogP) is 6.47. The van der Waals surface area contributed by atoms with Gasteiger partial charge in [0.15, 0.2) is 0 Å². The third-order valence-electron chi connectivity index (χ3n) is 4.78. The molecule has 0 radical (unpaired) electrons. The van der Waals surface area contributed by atoms with Crippen LogP contribution < -0.4 is 10.6 Å². The van der Waals surface area contributed by atoms with Crippen LogP contribution in [0, 0.1) is 0 Å². The van der Waals surface area contributed by atoms with Gasteiger partial charge in [-0.1, -0.05) is 45.0 Å². The van der Waals surface area contributed by atoms with Crippen LogP contribution in [0.4, 0.5) is 18.9 Å². The van der Waals surface area contributed by atoms with E-state index in [1.807, 2.05) is 12.1 Å². The SMILES string of the molecule is CC(C)(C)c1ccc(C(=O)NC(=Cc2cccs2)C(=O)Nc2cccc(C(F)(F)F)c2)cc1. The van der Waals surface area contributed by atoms with Gasteiger partial charge in [0, 0.05) is 16.1 Å². The van der Waals surface area contributed by atoms with Crippen molar-refractivity contribution in [2.24, 2.45) is 0 Å². The van der Waals surface area contributed by atoms with Gasteiger partial charge in [0.05, 0.1) is 5.56 Å². The first-order chi connectivity index (χ1) is 15.4. The normalized spacial score (nSPS) is 12.4. The molecule has 2 aromatic carbocycles. The van der Waals surface area contributed by atoms with Crippen molar-refractivity contribution in [1.29, 1.82) is 0 Å². The summed E-state index contributed by atoms with van der Waals surface area (Å²) in [6.07, 6.45) is -3.06. The third kappa shape index (κ3) is 6.55. The smallest absolute Gasteiger partial charge is 0.321 e. The van der Waals surface area contributed by atoms with Crippen molar-refractivity contribution >= 4 is 34.9 Å². The molecule has 0 saturated carbocycles. The zero-order chi connectivity index (χ0) is 24.2. The van der Waals surface area contributed by atoms with E-state index in [0.29, 0.717) is 10.4 Å². The Morgan fingerprint density at radius 2 is 1.61 bits per heavy atom. The van der Waals surface area contributed by atoms with Gasteiger partial charge < -0.3 is 10.6 Å². The average Bonchev–Trinajstić information content (AvgIpc) is 3.25. The predicted molar refractivity (Wildman–Crippen MR) is 125 cm³/mol. The number of halogens is 3. The quantitative estimate of drug-likeness (QED) is 0.418. The molecule has 0 bridgehead atoms. The van der Waals surface area contributed by atoms with Crippen LogP contribution in [0.2, 0.25) is 0 Å². The Balaban J connectivity index is 1.84. The number of benzene rings is 2. The third-order valence-corrected chi connectivity index (χ3v) is 5.60. The monoisotopic (exact) mass is 472 g/mol. The van der Waals surface area contributed by atoms with Crippen molar-refractivity contribution in [1.82, 2.24) is 5.32 Å². The first-order valence-electron chi connectivity index (χ1n) is 10.1. The Morgan fingerprint density at radius 3 is 2.18 bits per heavy atom. The van der Waals surface area contributed by atoms with E-state index < -0.39 is 23.6 Å². The lowest BCUT2D eigenvalue weighted by Gasteiger charge is -2.19. The fourth-order valence-corrected chi connectivity index (χ4v) is 3.62. The molecule has 0 aliphatic rings. The highest BCUT2D eigenvalue weighted by atomic mass is 32.1. The topological polar surface area (TPSA) is 58.2 Å². The van der Waals surface area contributed by atoms with Crippen molar-refractivity contribution in [3.8, 4) is 0 Å². The van der Waals surface area contributed by atoms with Crippen molar-refractivity contribution in [3.05, 3.63) is 93.3 Å². The number of thiophene rings is 1. The second-order valence-corrected chi connectivity index (χ2v) is 9.37. The van der Waals surface area contributed by atoms with Crippen LogP contribution >= 0.6 is 11.3 Å². The van der Waals surface area contributed by atoms with E-state index in [9.17, 15) is 22.8 Å². The largest absolute Gasteiger partial charge is 0.416 e. The molecule has 8 heteroatoms. The Labute approximate surface area is 194 Å². The van der Waals surface area contributed by atoms with E-state index >= 15 is 0 Å². The van der Waals surface area contributed by atoms with E-state index in [2.05, 4.69) is 31.4 Å². The summed E-state index contributed by atoms with van der Waals surface area (Å²) >= 11 is 1.35. The zero-order valence-electron chi connectivity index (χ0n) is 18.3. The Bertz CT molecular complexity index is 1160. The number of rotatable bonds is 5. The fraction of sp³-hybridized carbons (Fsp3) is 0.200. The molecule has 3 aromatic rings. The summed E-state index contributed by atoms with van der Waals surface area (Å²) in [7, 11) is 0. The lowest BCUT2D eigenvalue weighted by molar-refractivity contribution is -0.137. The van der Waals surface area contributed by atoms with E-state index in [4.69, 9.17) is 0 Å². The van der Waals surface area contributed by atoms with Crippen LogP contribution in [0.15, 0.2) is 71.7 Å². The van der Waals surface area contributed by atoms with Crippen LogP contribution in [-0.2, 0) is 16.4 Å². The minimum Gasteiger partial charge on any atom is -0.321 e. The summed E-state index contributed by atoms with van der Waals surface area (Å²) in [6.45, 7) is 6.17. The molecule has 0 aliphatic carbocycles. The molecular formula is C25H23F3N2O2S. The van der Waals surface area contributed by atoms with Crippen LogP contribution in [0.3, 0.4) is 0 Å². The number of carbonyl (C=O) groups excluding carboxylic acids is 2. The highest BCUT2D eigenvalue weighted by Crippen LogP contribution is 2.30. The molecule has 1 aromatic heterocycles. The van der Waals surface area contributed by atoms with Crippen molar-refractivity contribution in [3.63, 3.8) is 0 Å². The van der Waals surface area contributed by atoms with Crippen LogP contribution in [0.5, 0.6) is 0 Å². The molecular weight excluding hydrogens is 449 g/mol. The maximum atomic E-state index is 13.0. The fourth-order valence-electron chi connectivity index (χ4n) is 2.96. The van der Waals surface area contributed by atoms with Gasteiger partial charge in [0.2, 0.25) is 0 Å². The van der Waals surface area contributed by atoms with Crippen LogP contribution in [-0.4, -0.2) is 11.8 Å². The summed E-state index contributed by atoms with van der Waals surface area (Å²) in [6, 6.07) is 14.9. The van der Waals surface area contributed by atoms with Crippen molar-refractivity contribution in [2.75, 3.05) is 5.32 Å². The number of carbonyl (C=O) groups is 2. The molecule has 0 unspecified atom stereocenters. The molecule has 33 heavy (non-hydrogen) atoms. The van der Waals surface area contributed by atoms with Gasteiger partial charge >= 0.3 is 6.18 Å². The summed E-state index contributed by atoms with van der Waals surface area (Å²) in [5.41, 5.74) is 0.328. The lowest BCUT2D eigenvalue weighted by atomic mass is 9.87. The molecule has 4 nitrogen and oxygen atoms in total. The van der Waals surface area contributed by atoms with Crippen LogP contribution in [0.1, 0.15) is 47.1 Å². The molecule has 0 spiro atoms. The highest BCUT2D eigenvalue weighted by Gasteiger charge is 2.30. The summed E-state index contributed by atoms with van der Waals surface area (Å²) in [4.78, 5) is 26.4. The Hall–Kier alpha value is -3.39. The van der Waals surface area contributed by atoms with Gasteiger partial charge in [0.25, 0.3) is 11.8 Å². The van der Waals surface area contributed by atoms with E-state index in [1.165, 1.54) is 29.5 Å². The molecule has 0 atom stereocenters. The minimum atomic E-state index is -4.54. The van der Waals surface area contributed by atoms with Gasteiger partial charge in [-0.15, -0.1) is 11.3 Å². The lowest BCUT2D eigenvalue weighted by Crippen LogP contribution is -2.30. The molecule has 172 valence electrons. The van der Waals surface area contributed by atoms with Gasteiger partial charge in [-0.2, -0.15) is 13.2 Å². The molecule has 0 fully saturated rings. The minimum absolute atomic E-state index is 0.0318. The first-order valence-corrected chi connectivity index (χ1v) is 11.0. The maximum Gasteiger partial charge on any atom is 0.416 e. The van der Waals surface area contributed by atoms with E-state index in [-0.39, 0.29) is 16.8 Å². The number of nitrogens with one attached hydrogen (secondary N) is 2. The molecule has 0 aliphatic heterocycles. The van der Waals surface area contributed by atoms with Gasteiger partial charge in [-0.05, 0) is 58.8 Å². The summed E-state index contributed by atoms with van der Waals surface area (Å²) < 4.78 is 39.0. The van der Waals surface area contributed by atoms with Crippen molar-refractivity contribution in [2.45, 2.75) is 32.4 Å². The molecule has 0 saturated heterocycles. The van der Waals surface area contributed by atoms with Gasteiger partial charge in [0.1, 0.15) is 5.70 Å². The standard InChI is InChI=1S/C25H23F3N2O2S/c1-24(2,3)17-11-9-16(10-12-17)22(31)30-21(15-20-8-5-13-33-20)23(32)29-19-7-4-6-18(14-19)25(26,27)28/h4-15H,1-3H3,(H,29,32)(H,30,31). The van der Waals surface area contributed by atoms with E-state index in [1.54, 1.807) is 29.6 Å². The summed E-state index contributed by atoms with van der Waals surface area (Å²) in [5, 5.41) is 6.83. The van der Waals surface area contributed by atoms with Gasteiger partial charge in [-0.3, -0.25) is 9.59 Å². The zero-order valence-corrected chi connectivity index (χ0v) is 19.1. The van der Waals surface area contributed by atoms with Crippen molar-refractivity contribution < 1.29 is 22.8 Å². The molecule has 2 N–H and O–H groups in total. The van der Waals surface area contributed by atoms with Gasteiger partial charge in [-0.25, -0.2) is 0 Å². The Morgan fingerprint density at radius 1 is 0.909 bits per heavy atom. The van der Waals surface area contributed by atoms with E-state index in [0.717, 1.165) is 17.7 Å². The second-order valence-electron chi connectivity index (χ2n) is 8.39. The first kappa shape index (κ1) is 24.3.